The van der Waals surface area contributed by atoms with Gasteiger partial charge >= 0.3 is 0 Å². The first-order valence-electron chi connectivity index (χ1n) is 7.16. The molecule has 2 unspecified atom stereocenters. The van der Waals surface area contributed by atoms with E-state index in [4.69, 9.17) is 0 Å². The number of hydrogen-bond donors (Lipinski definition) is 1. The first kappa shape index (κ1) is 15.9. The largest absolute Gasteiger partial charge is 0.313 e. The van der Waals surface area contributed by atoms with Gasteiger partial charge in [-0.2, -0.15) is 0 Å². The summed E-state index contributed by atoms with van der Waals surface area (Å²) in [5.74, 6) is 1.02. The van der Waals surface area contributed by atoms with Crippen molar-refractivity contribution in [1.29, 1.82) is 0 Å². The lowest BCUT2D eigenvalue weighted by Crippen LogP contribution is -2.39. The Morgan fingerprint density at radius 3 is 2.70 bits per heavy atom. The molecule has 1 saturated carbocycles. The van der Waals surface area contributed by atoms with E-state index in [1.165, 1.54) is 11.2 Å². The maximum atomic E-state index is 11.6. The summed E-state index contributed by atoms with van der Waals surface area (Å²) in [6, 6.07) is 10.7. The second-order valence-corrected chi connectivity index (χ2v) is 8.92. The molecule has 0 aliphatic heterocycles. The lowest BCUT2D eigenvalue weighted by Gasteiger charge is -2.28. The molecule has 2 atom stereocenters. The quantitative estimate of drug-likeness (QED) is 0.648. The second-order valence-electron chi connectivity index (χ2n) is 5.43. The van der Waals surface area contributed by atoms with Gasteiger partial charge in [-0.25, -0.2) is 8.42 Å². The normalized spacial score (nSPS) is 23.6. The molecule has 3 nitrogen and oxygen atoms in total. The maximum absolute atomic E-state index is 11.6. The van der Waals surface area contributed by atoms with Gasteiger partial charge in [0, 0.05) is 29.5 Å². The minimum atomic E-state index is -2.88. The van der Waals surface area contributed by atoms with Crippen molar-refractivity contribution in [1.82, 2.24) is 5.32 Å². The Balaban J connectivity index is 1.69. The summed E-state index contributed by atoms with van der Waals surface area (Å²) < 4.78 is 23.2. The molecule has 1 N–H and O–H groups in total. The Bertz CT molecular complexity index is 502. The molecule has 1 aromatic carbocycles. The molecular weight excluding hydrogens is 290 g/mol. The van der Waals surface area contributed by atoms with Gasteiger partial charge in [-0.1, -0.05) is 24.6 Å². The van der Waals surface area contributed by atoms with E-state index in [1.54, 1.807) is 0 Å². The van der Waals surface area contributed by atoms with Crippen LogP contribution in [0.25, 0.3) is 0 Å². The van der Waals surface area contributed by atoms with Crippen molar-refractivity contribution < 1.29 is 8.42 Å². The molecule has 0 spiro atoms. The van der Waals surface area contributed by atoms with Crippen LogP contribution in [0.15, 0.2) is 35.2 Å². The minimum absolute atomic E-state index is 0.143. The SMILES string of the molecule is CS(=O)(=O)C1CCCC(NCCSc2ccccc2)C1. The predicted octanol–water partition coefficient (Wildman–Crippen LogP) is 2.72. The van der Waals surface area contributed by atoms with Crippen molar-refractivity contribution in [2.75, 3.05) is 18.6 Å². The van der Waals surface area contributed by atoms with Gasteiger partial charge in [-0.15, -0.1) is 11.8 Å². The fourth-order valence-electron chi connectivity index (χ4n) is 2.67. The molecule has 112 valence electrons. The summed E-state index contributed by atoms with van der Waals surface area (Å²) in [5.41, 5.74) is 0. The van der Waals surface area contributed by atoms with E-state index in [1.807, 2.05) is 30.0 Å². The van der Waals surface area contributed by atoms with Gasteiger partial charge in [0.05, 0.1) is 5.25 Å². The number of rotatable bonds is 6. The van der Waals surface area contributed by atoms with Crippen LogP contribution in [0, 0.1) is 0 Å². The number of hydrogen-bond acceptors (Lipinski definition) is 4. The van der Waals surface area contributed by atoms with Gasteiger partial charge in [0.2, 0.25) is 0 Å². The highest BCUT2D eigenvalue weighted by molar-refractivity contribution is 7.99. The number of sulfone groups is 1. The van der Waals surface area contributed by atoms with E-state index in [0.717, 1.165) is 38.0 Å². The molecule has 0 radical (unpaired) electrons. The zero-order valence-corrected chi connectivity index (χ0v) is 13.6. The van der Waals surface area contributed by atoms with Crippen LogP contribution in [-0.4, -0.2) is 38.3 Å². The zero-order valence-electron chi connectivity index (χ0n) is 11.9. The molecule has 0 aromatic heterocycles. The van der Waals surface area contributed by atoms with Crippen LogP contribution in [0.5, 0.6) is 0 Å². The molecule has 1 aromatic rings. The van der Waals surface area contributed by atoms with Crippen molar-refractivity contribution in [2.45, 2.75) is 41.9 Å². The first-order valence-corrected chi connectivity index (χ1v) is 10.1. The van der Waals surface area contributed by atoms with E-state index >= 15 is 0 Å². The molecule has 1 aliphatic carbocycles. The second kappa shape index (κ2) is 7.48. The van der Waals surface area contributed by atoms with Crippen LogP contribution >= 0.6 is 11.8 Å². The Hall–Kier alpha value is -0.520. The van der Waals surface area contributed by atoms with Crippen LogP contribution in [0.3, 0.4) is 0 Å². The highest BCUT2D eigenvalue weighted by Crippen LogP contribution is 2.24. The minimum Gasteiger partial charge on any atom is -0.313 e. The van der Waals surface area contributed by atoms with Crippen molar-refractivity contribution >= 4 is 21.6 Å². The molecule has 2 rings (SSSR count). The zero-order chi connectivity index (χ0) is 14.4. The molecule has 5 heteroatoms. The third-order valence-electron chi connectivity index (χ3n) is 3.78. The van der Waals surface area contributed by atoms with Crippen molar-refractivity contribution in [2.24, 2.45) is 0 Å². The Kier molecular flexibility index (Phi) is 5.93. The van der Waals surface area contributed by atoms with Crippen LogP contribution in [0.1, 0.15) is 25.7 Å². The summed E-state index contributed by atoms with van der Waals surface area (Å²) >= 11 is 1.83. The smallest absolute Gasteiger partial charge is 0.150 e. The third kappa shape index (κ3) is 5.11. The Labute approximate surface area is 126 Å². The van der Waals surface area contributed by atoms with E-state index in [2.05, 4.69) is 17.4 Å². The van der Waals surface area contributed by atoms with Gasteiger partial charge in [0.15, 0.2) is 0 Å². The summed E-state index contributed by atoms with van der Waals surface area (Å²) in [5, 5.41) is 3.37. The predicted molar refractivity (Wildman–Crippen MR) is 86.1 cm³/mol. The summed E-state index contributed by atoms with van der Waals surface area (Å²) in [6.07, 6.45) is 5.08. The molecule has 20 heavy (non-hydrogen) atoms. The molecule has 0 saturated heterocycles. The molecule has 1 aliphatic rings. The van der Waals surface area contributed by atoms with Gasteiger partial charge in [-0.05, 0) is 31.4 Å². The first-order chi connectivity index (χ1) is 9.55. The topological polar surface area (TPSA) is 46.2 Å². The van der Waals surface area contributed by atoms with Crippen molar-refractivity contribution in [3.05, 3.63) is 30.3 Å². The van der Waals surface area contributed by atoms with E-state index < -0.39 is 9.84 Å². The van der Waals surface area contributed by atoms with Gasteiger partial charge in [0.1, 0.15) is 9.84 Å². The van der Waals surface area contributed by atoms with E-state index in [9.17, 15) is 8.42 Å². The van der Waals surface area contributed by atoms with E-state index in [-0.39, 0.29) is 5.25 Å². The lowest BCUT2D eigenvalue weighted by atomic mass is 9.95. The number of thioether (sulfide) groups is 1. The van der Waals surface area contributed by atoms with E-state index in [0.29, 0.717) is 6.04 Å². The standard InChI is InChI=1S/C15H23NO2S2/c1-20(17,18)15-9-5-6-13(12-15)16-10-11-19-14-7-3-2-4-8-14/h2-4,7-8,13,15-16H,5-6,9-12H2,1H3. The highest BCUT2D eigenvalue weighted by Gasteiger charge is 2.28. The molecule has 0 amide bonds. The van der Waals surface area contributed by atoms with Gasteiger partial charge < -0.3 is 5.32 Å². The van der Waals surface area contributed by atoms with Crippen LogP contribution in [0.4, 0.5) is 0 Å². The average Bonchev–Trinajstić information content (AvgIpc) is 2.44. The molecule has 0 bridgehead atoms. The number of nitrogens with one attached hydrogen (secondary N) is 1. The molecular formula is C15H23NO2S2. The number of benzene rings is 1. The molecule has 0 heterocycles. The van der Waals surface area contributed by atoms with Crippen LogP contribution in [-0.2, 0) is 9.84 Å². The fraction of sp³-hybridized carbons (Fsp3) is 0.600. The Morgan fingerprint density at radius 2 is 2.00 bits per heavy atom. The van der Waals surface area contributed by atoms with Gasteiger partial charge in [0.25, 0.3) is 0 Å². The summed E-state index contributed by atoms with van der Waals surface area (Å²) in [4.78, 5) is 1.28. The van der Waals surface area contributed by atoms with Crippen molar-refractivity contribution in [3.8, 4) is 0 Å². The fourth-order valence-corrected chi connectivity index (χ4v) is 4.65. The summed E-state index contributed by atoms with van der Waals surface area (Å²) in [7, 11) is -2.88. The van der Waals surface area contributed by atoms with Crippen molar-refractivity contribution in [3.63, 3.8) is 0 Å². The average molecular weight is 313 g/mol. The van der Waals surface area contributed by atoms with Crippen LogP contribution < -0.4 is 5.32 Å². The summed E-state index contributed by atoms with van der Waals surface area (Å²) in [6.45, 7) is 0.931. The lowest BCUT2D eigenvalue weighted by molar-refractivity contribution is 0.379. The maximum Gasteiger partial charge on any atom is 0.150 e. The van der Waals surface area contributed by atoms with Gasteiger partial charge in [-0.3, -0.25) is 0 Å². The Morgan fingerprint density at radius 1 is 1.25 bits per heavy atom. The van der Waals surface area contributed by atoms with Crippen LogP contribution in [0.2, 0.25) is 0 Å². The highest BCUT2D eigenvalue weighted by atomic mass is 32.2. The molecule has 1 fully saturated rings. The third-order valence-corrected chi connectivity index (χ3v) is 6.43. The monoisotopic (exact) mass is 313 g/mol.